The highest BCUT2D eigenvalue weighted by Crippen LogP contribution is 2.02. The maximum atomic E-state index is 11.5. The van der Waals surface area contributed by atoms with E-state index >= 15 is 0 Å². The Kier molecular flexibility index (Phi) is 6.37. The van der Waals surface area contributed by atoms with Crippen molar-refractivity contribution >= 4 is 6.03 Å². The van der Waals surface area contributed by atoms with E-state index in [1.165, 1.54) is 0 Å². The standard InChI is InChI=1S/C14H18N2O2/c1-2-3-9-15-14(18)16-13(11-17)10-12-7-5-4-6-8-12/h4-8,13,17H,9-11H2,1H3,(H2,15,16,18)/t13-/m0/s1. The monoisotopic (exact) mass is 246 g/mol. The maximum absolute atomic E-state index is 11.5. The van der Waals surface area contributed by atoms with Gasteiger partial charge in [-0.15, -0.1) is 5.92 Å². The van der Waals surface area contributed by atoms with Gasteiger partial charge in [-0.3, -0.25) is 0 Å². The Morgan fingerprint density at radius 3 is 2.72 bits per heavy atom. The van der Waals surface area contributed by atoms with E-state index < -0.39 is 0 Å². The van der Waals surface area contributed by atoms with Gasteiger partial charge in [-0.05, 0) is 18.9 Å². The van der Waals surface area contributed by atoms with Gasteiger partial charge in [0.2, 0.25) is 0 Å². The zero-order valence-corrected chi connectivity index (χ0v) is 10.4. The number of nitrogens with one attached hydrogen (secondary N) is 2. The number of carbonyl (C=O) groups is 1. The van der Waals surface area contributed by atoms with Gasteiger partial charge in [0, 0.05) is 0 Å². The van der Waals surface area contributed by atoms with E-state index in [0.29, 0.717) is 13.0 Å². The molecule has 1 rings (SSSR count). The average Bonchev–Trinajstić information content (AvgIpc) is 2.39. The van der Waals surface area contributed by atoms with Crippen LogP contribution >= 0.6 is 0 Å². The summed E-state index contributed by atoms with van der Waals surface area (Å²) in [5.74, 6) is 5.42. The Morgan fingerprint density at radius 1 is 1.39 bits per heavy atom. The Bertz CT molecular complexity index is 420. The Hall–Kier alpha value is -1.99. The summed E-state index contributed by atoms with van der Waals surface area (Å²) in [7, 11) is 0. The molecule has 0 unspecified atom stereocenters. The highest BCUT2D eigenvalue weighted by Gasteiger charge is 2.11. The van der Waals surface area contributed by atoms with Crippen LogP contribution in [0.2, 0.25) is 0 Å². The van der Waals surface area contributed by atoms with Crippen LogP contribution in [-0.4, -0.2) is 30.3 Å². The van der Waals surface area contributed by atoms with Gasteiger partial charge >= 0.3 is 6.03 Å². The molecule has 4 heteroatoms. The SMILES string of the molecule is CC#CCNC(=O)N[C@H](CO)Cc1ccccc1. The summed E-state index contributed by atoms with van der Waals surface area (Å²) in [5, 5.41) is 14.5. The molecule has 0 saturated carbocycles. The van der Waals surface area contributed by atoms with Crippen molar-refractivity contribution in [1.82, 2.24) is 10.6 Å². The normalized spacial score (nSPS) is 11.0. The van der Waals surface area contributed by atoms with Crippen LogP contribution in [0.5, 0.6) is 0 Å². The van der Waals surface area contributed by atoms with E-state index in [0.717, 1.165) is 5.56 Å². The smallest absolute Gasteiger partial charge is 0.315 e. The molecule has 3 N–H and O–H groups in total. The first-order valence-electron chi connectivity index (χ1n) is 5.85. The van der Waals surface area contributed by atoms with Gasteiger partial charge in [-0.2, -0.15) is 0 Å². The number of urea groups is 1. The van der Waals surface area contributed by atoms with Crippen molar-refractivity contribution in [2.75, 3.05) is 13.2 Å². The van der Waals surface area contributed by atoms with Crippen LogP contribution in [0.4, 0.5) is 4.79 Å². The average molecular weight is 246 g/mol. The lowest BCUT2D eigenvalue weighted by Gasteiger charge is -2.16. The van der Waals surface area contributed by atoms with E-state index in [1.54, 1.807) is 6.92 Å². The summed E-state index contributed by atoms with van der Waals surface area (Å²) in [4.78, 5) is 11.5. The van der Waals surface area contributed by atoms with Crippen LogP contribution in [0, 0.1) is 11.8 Å². The zero-order valence-electron chi connectivity index (χ0n) is 10.4. The van der Waals surface area contributed by atoms with Gasteiger partial charge in [0.1, 0.15) is 0 Å². The second kappa shape index (κ2) is 8.15. The maximum Gasteiger partial charge on any atom is 0.315 e. The Morgan fingerprint density at radius 2 is 2.11 bits per heavy atom. The topological polar surface area (TPSA) is 61.4 Å². The molecule has 18 heavy (non-hydrogen) atoms. The highest BCUT2D eigenvalue weighted by atomic mass is 16.3. The summed E-state index contributed by atoms with van der Waals surface area (Å²) in [6, 6.07) is 9.12. The molecule has 1 atom stereocenters. The van der Waals surface area contributed by atoms with Gasteiger partial charge in [0.15, 0.2) is 0 Å². The third-order valence-corrected chi connectivity index (χ3v) is 2.39. The van der Waals surface area contributed by atoms with Crippen molar-refractivity contribution in [3.8, 4) is 11.8 Å². The third-order valence-electron chi connectivity index (χ3n) is 2.39. The first-order chi connectivity index (χ1) is 8.76. The molecule has 1 aromatic rings. The predicted molar refractivity (Wildman–Crippen MR) is 71.0 cm³/mol. The lowest BCUT2D eigenvalue weighted by molar-refractivity contribution is 0.216. The number of amides is 2. The van der Waals surface area contributed by atoms with Crippen molar-refractivity contribution in [3.63, 3.8) is 0 Å². The molecule has 0 spiro atoms. The number of benzene rings is 1. The lowest BCUT2D eigenvalue weighted by Crippen LogP contribution is -2.45. The molecule has 0 aliphatic rings. The third kappa shape index (κ3) is 5.37. The summed E-state index contributed by atoms with van der Waals surface area (Å²) >= 11 is 0. The molecule has 96 valence electrons. The van der Waals surface area contributed by atoms with Crippen molar-refractivity contribution in [3.05, 3.63) is 35.9 Å². The molecular formula is C14H18N2O2. The van der Waals surface area contributed by atoms with E-state index in [-0.39, 0.29) is 18.7 Å². The fourth-order valence-corrected chi connectivity index (χ4v) is 1.51. The Labute approximate surface area is 107 Å². The van der Waals surface area contributed by atoms with Gasteiger partial charge in [0.25, 0.3) is 0 Å². The van der Waals surface area contributed by atoms with Crippen LogP contribution in [0.25, 0.3) is 0 Å². The van der Waals surface area contributed by atoms with Crippen LogP contribution in [0.1, 0.15) is 12.5 Å². The van der Waals surface area contributed by atoms with E-state index in [4.69, 9.17) is 0 Å². The van der Waals surface area contributed by atoms with Crippen molar-refractivity contribution < 1.29 is 9.90 Å². The fourth-order valence-electron chi connectivity index (χ4n) is 1.51. The van der Waals surface area contributed by atoms with Crippen LogP contribution < -0.4 is 10.6 Å². The number of hydrogen-bond acceptors (Lipinski definition) is 2. The molecule has 0 heterocycles. The largest absolute Gasteiger partial charge is 0.394 e. The summed E-state index contributed by atoms with van der Waals surface area (Å²) < 4.78 is 0. The summed E-state index contributed by atoms with van der Waals surface area (Å²) in [6.07, 6.45) is 0.601. The molecule has 0 aliphatic carbocycles. The van der Waals surface area contributed by atoms with Crippen molar-refractivity contribution in [2.45, 2.75) is 19.4 Å². The number of aliphatic hydroxyl groups is 1. The number of carbonyl (C=O) groups excluding carboxylic acids is 1. The highest BCUT2D eigenvalue weighted by molar-refractivity contribution is 5.74. The molecule has 4 nitrogen and oxygen atoms in total. The number of aliphatic hydroxyl groups excluding tert-OH is 1. The molecule has 0 saturated heterocycles. The molecule has 0 fully saturated rings. The molecule has 0 bridgehead atoms. The Balaban J connectivity index is 2.41. The van der Waals surface area contributed by atoms with E-state index in [2.05, 4.69) is 22.5 Å². The second-order valence-corrected chi connectivity index (χ2v) is 3.82. The molecule has 0 aromatic heterocycles. The minimum absolute atomic E-state index is 0.0955. The minimum Gasteiger partial charge on any atom is -0.394 e. The second-order valence-electron chi connectivity index (χ2n) is 3.82. The number of rotatable bonds is 5. The van der Waals surface area contributed by atoms with Crippen LogP contribution in [0.3, 0.4) is 0 Å². The van der Waals surface area contributed by atoms with Gasteiger partial charge in [0.05, 0.1) is 19.2 Å². The van der Waals surface area contributed by atoms with Crippen molar-refractivity contribution in [1.29, 1.82) is 0 Å². The van der Waals surface area contributed by atoms with Crippen LogP contribution in [-0.2, 0) is 6.42 Å². The van der Waals surface area contributed by atoms with Crippen LogP contribution in [0.15, 0.2) is 30.3 Å². The molecule has 2 amide bonds. The van der Waals surface area contributed by atoms with Crippen molar-refractivity contribution in [2.24, 2.45) is 0 Å². The molecule has 0 radical (unpaired) electrons. The first-order valence-corrected chi connectivity index (χ1v) is 5.85. The zero-order chi connectivity index (χ0) is 13.2. The van der Waals surface area contributed by atoms with E-state index in [1.807, 2.05) is 30.3 Å². The van der Waals surface area contributed by atoms with Gasteiger partial charge in [-0.1, -0.05) is 36.3 Å². The minimum atomic E-state index is -0.312. The molecular weight excluding hydrogens is 228 g/mol. The first kappa shape index (κ1) is 14.1. The lowest BCUT2D eigenvalue weighted by atomic mass is 10.1. The summed E-state index contributed by atoms with van der Waals surface area (Å²) in [5.41, 5.74) is 1.07. The fraction of sp³-hybridized carbons (Fsp3) is 0.357. The van der Waals surface area contributed by atoms with Gasteiger partial charge in [-0.25, -0.2) is 4.79 Å². The quantitative estimate of drug-likeness (QED) is 0.676. The molecule has 0 aliphatic heterocycles. The number of hydrogen-bond donors (Lipinski definition) is 3. The van der Waals surface area contributed by atoms with E-state index in [9.17, 15) is 9.90 Å². The van der Waals surface area contributed by atoms with Gasteiger partial charge < -0.3 is 15.7 Å². The predicted octanol–water partition coefficient (Wildman–Crippen LogP) is 0.912. The summed E-state index contributed by atoms with van der Waals surface area (Å²) in [6.45, 7) is 1.93. The molecule has 1 aromatic carbocycles.